The van der Waals surface area contributed by atoms with E-state index < -0.39 is 5.83 Å². The van der Waals surface area contributed by atoms with Gasteiger partial charge in [-0.25, -0.2) is 8.78 Å². The number of aromatic nitrogens is 2. The number of nitrogens with zero attached hydrogens (tertiary/aromatic N) is 3. The van der Waals surface area contributed by atoms with Crippen LogP contribution in [0.1, 0.15) is 29.8 Å². The van der Waals surface area contributed by atoms with Crippen molar-refractivity contribution in [3.63, 3.8) is 0 Å². The van der Waals surface area contributed by atoms with Gasteiger partial charge in [-0.05, 0) is 62.7 Å². The van der Waals surface area contributed by atoms with Gasteiger partial charge in [0, 0.05) is 31.7 Å². The summed E-state index contributed by atoms with van der Waals surface area (Å²) in [5, 5.41) is 3.49. The maximum Gasteiger partial charge on any atom is 0.251 e. The second kappa shape index (κ2) is 10.5. The summed E-state index contributed by atoms with van der Waals surface area (Å²) in [7, 11) is 0. The van der Waals surface area contributed by atoms with Crippen LogP contribution >= 0.6 is 0 Å². The number of halogens is 2. The maximum absolute atomic E-state index is 13.7. The molecule has 1 aliphatic rings. The van der Waals surface area contributed by atoms with Crippen LogP contribution < -0.4 is 16.6 Å². The second-order valence-corrected chi connectivity index (χ2v) is 7.82. The fourth-order valence-corrected chi connectivity index (χ4v) is 3.74. The molecule has 2 aromatic rings. The van der Waals surface area contributed by atoms with E-state index in [0.717, 1.165) is 37.7 Å². The topological polar surface area (TPSA) is 76.2 Å². The number of nitrogen functional groups attached to an aromatic ring is 1. The smallest absolute Gasteiger partial charge is 0.251 e. The first kappa shape index (κ1) is 22.8. The number of piperidine rings is 1. The predicted octanol–water partition coefficient (Wildman–Crippen LogP) is 3.02. The molecule has 1 fully saturated rings. The fourth-order valence-electron chi connectivity index (χ4n) is 3.74. The molecule has 1 saturated heterocycles. The van der Waals surface area contributed by atoms with Crippen LogP contribution in [0.2, 0.25) is 0 Å². The molecule has 31 heavy (non-hydrogen) atoms. The van der Waals surface area contributed by atoms with Crippen molar-refractivity contribution in [2.24, 2.45) is 0 Å². The number of nitrogens with two attached hydrogens (primary N) is 1. The molecule has 0 bridgehead atoms. The standard InChI is InChI=1S/C23H29F2N5O/c1-3-17(24)13-22-21(26)4-5-23(31)30(22)11-10-29-8-6-18(7-9-29)27-14-19-12-16(2)20(25)15-28-19/h3-5,12-13,15,18,27H,1,6-11,14,26H2,2H3/b17-13+. The third-order valence-electron chi connectivity index (χ3n) is 5.63. The van der Waals surface area contributed by atoms with Crippen molar-refractivity contribution < 1.29 is 8.78 Å². The van der Waals surface area contributed by atoms with Gasteiger partial charge in [0.2, 0.25) is 0 Å². The highest BCUT2D eigenvalue weighted by atomic mass is 19.1. The van der Waals surface area contributed by atoms with E-state index in [2.05, 4.69) is 21.8 Å². The number of anilines is 1. The monoisotopic (exact) mass is 429 g/mol. The van der Waals surface area contributed by atoms with E-state index in [-0.39, 0.29) is 11.4 Å². The molecule has 0 saturated carbocycles. The van der Waals surface area contributed by atoms with Crippen molar-refractivity contribution in [3.8, 4) is 0 Å². The minimum Gasteiger partial charge on any atom is -0.397 e. The average molecular weight is 430 g/mol. The first-order valence-corrected chi connectivity index (χ1v) is 10.4. The number of rotatable bonds is 8. The minimum atomic E-state index is -0.538. The van der Waals surface area contributed by atoms with Crippen molar-refractivity contribution in [1.29, 1.82) is 0 Å². The van der Waals surface area contributed by atoms with Gasteiger partial charge >= 0.3 is 0 Å². The Labute approximate surface area is 181 Å². The SMILES string of the molecule is C=C/C(F)=C\c1c(N)ccc(=O)n1CCN1CCC(NCc2cc(C)c(F)cn2)CC1. The summed E-state index contributed by atoms with van der Waals surface area (Å²) < 4.78 is 28.6. The molecular weight excluding hydrogens is 400 g/mol. The van der Waals surface area contributed by atoms with E-state index in [1.165, 1.54) is 29.0 Å². The minimum absolute atomic E-state index is 0.212. The van der Waals surface area contributed by atoms with Gasteiger partial charge in [-0.1, -0.05) is 6.58 Å². The fraction of sp³-hybridized carbons (Fsp3) is 0.391. The molecule has 0 aliphatic carbocycles. The summed E-state index contributed by atoms with van der Waals surface area (Å²) in [5.41, 5.74) is 7.90. The molecule has 3 heterocycles. The van der Waals surface area contributed by atoms with Crippen molar-refractivity contribution in [1.82, 2.24) is 19.8 Å². The number of hydrogen-bond acceptors (Lipinski definition) is 5. The van der Waals surface area contributed by atoms with Crippen molar-refractivity contribution in [2.45, 2.75) is 38.9 Å². The van der Waals surface area contributed by atoms with Gasteiger partial charge < -0.3 is 20.5 Å². The largest absolute Gasteiger partial charge is 0.397 e. The molecule has 0 radical (unpaired) electrons. The van der Waals surface area contributed by atoms with E-state index in [1.807, 2.05) is 0 Å². The van der Waals surface area contributed by atoms with Crippen LogP contribution in [0.25, 0.3) is 6.08 Å². The third-order valence-corrected chi connectivity index (χ3v) is 5.63. The lowest BCUT2D eigenvalue weighted by atomic mass is 10.0. The Bertz CT molecular complexity index is 1010. The van der Waals surface area contributed by atoms with Crippen LogP contribution in [0.4, 0.5) is 14.5 Å². The summed E-state index contributed by atoms with van der Waals surface area (Å²) in [6, 6.07) is 5.02. The second-order valence-electron chi connectivity index (χ2n) is 7.82. The van der Waals surface area contributed by atoms with Gasteiger partial charge in [0.15, 0.2) is 0 Å². The highest BCUT2D eigenvalue weighted by Gasteiger charge is 2.19. The van der Waals surface area contributed by atoms with Crippen LogP contribution in [0.15, 0.2) is 47.7 Å². The van der Waals surface area contributed by atoms with Crippen LogP contribution in [-0.2, 0) is 13.1 Å². The summed E-state index contributed by atoms with van der Waals surface area (Å²) >= 11 is 0. The van der Waals surface area contributed by atoms with Crippen LogP contribution in [0.5, 0.6) is 0 Å². The molecule has 0 spiro atoms. The van der Waals surface area contributed by atoms with Gasteiger partial charge in [0.1, 0.15) is 11.6 Å². The van der Waals surface area contributed by atoms with E-state index in [0.29, 0.717) is 42.6 Å². The number of likely N-dealkylation sites (tertiary alicyclic amines) is 1. The van der Waals surface area contributed by atoms with Crippen molar-refractivity contribution in [2.75, 3.05) is 25.4 Å². The van der Waals surface area contributed by atoms with Crippen LogP contribution in [0.3, 0.4) is 0 Å². The lowest BCUT2D eigenvalue weighted by Crippen LogP contribution is -2.43. The van der Waals surface area contributed by atoms with E-state index in [4.69, 9.17) is 5.73 Å². The predicted molar refractivity (Wildman–Crippen MR) is 120 cm³/mol. The zero-order valence-electron chi connectivity index (χ0n) is 17.8. The van der Waals surface area contributed by atoms with E-state index in [1.54, 1.807) is 13.0 Å². The van der Waals surface area contributed by atoms with Gasteiger partial charge in [-0.15, -0.1) is 0 Å². The Morgan fingerprint density at radius 2 is 2.10 bits per heavy atom. The molecule has 2 aromatic heterocycles. The van der Waals surface area contributed by atoms with Gasteiger partial charge in [0.25, 0.3) is 5.56 Å². The summed E-state index contributed by atoms with van der Waals surface area (Å²) in [4.78, 5) is 18.7. The molecule has 8 heteroatoms. The highest BCUT2D eigenvalue weighted by Crippen LogP contribution is 2.16. The van der Waals surface area contributed by atoms with Crippen LogP contribution in [0, 0.1) is 12.7 Å². The van der Waals surface area contributed by atoms with Crippen molar-refractivity contribution >= 4 is 11.8 Å². The molecule has 0 unspecified atom stereocenters. The first-order valence-electron chi connectivity index (χ1n) is 10.4. The molecule has 3 rings (SSSR count). The average Bonchev–Trinajstić information content (AvgIpc) is 2.77. The number of aryl methyl sites for hydroxylation is 1. The van der Waals surface area contributed by atoms with Crippen LogP contribution in [-0.4, -0.2) is 40.1 Å². The van der Waals surface area contributed by atoms with Gasteiger partial charge in [-0.3, -0.25) is 9.78 Å². The molecule has 1 aliphatic heterocycles. The van der Waals surface area contributed by atoms with E-state index >= 15 is 0 Å². The third kappa shape index (κ3) is 6.08. The molecule has 6 nitrogen and oxygen atoms in total. The Morgan fingerprint density at radius 1 is 1.35 bits per heavy atom. The Hall–Kier alpha value is -2.84. The number of hydrogen-bond donors (Lipinski definition) is 2. The summed E-state index contributed by atoms with van der Waals surface area (Å²) in [6.45, 7) is 8.61. The molecule has 0 atom stereocenters. The summed E-state index contributed by atoms with van der Waals surface area (Å²) in [6.07, 6.45) is 5.51. The molecule has 3 N–H and O–H groups in total. The highest BCUT2D eigenvalue weighted by molar-refractivity contribution is 5.63. The quantitative estimate of drug-likeness (QED) is 0.631. The first-order chi connectivity index (χ1) is 14.9. The number of pyridine rings is 2. The van der Waals surface area contributed by atoms with Gasteiger partial charge in [-0.2, -0.15) is 0 Å². The Morgan fingerprint density at radius 3 is 2.77 bits per heavy atom. The lowest BCUT2D eigenvalue weighted by molar-refractivity contribution is 0.190. The number of nitrogens with one attached hydrogen (secondary N) is 1. The maximum atomic E-state index is 13.7. The zero-order chi connectivity index (χ0) is 22.4. The Kier molecular flexibility index (Phi) is 7.70. The number of allylic oxidation sites excluding steroid dienone is 2. The van der Waals surface area contributed by atoms with Gasteiger partial charge in [0.05, 0.1) is 23.3 Å². The van der Waals surface area contributed by atoms with Crippen molar-refractivity contribution in [3.05, 3.63) is 76.0 Å². The van der Waals surface area contributed by atoms with E-state index in [9.17, 15) is 13.6 Å². The molecule has 0 amide bonds. The zero-order valence-corrected chi connectivity index (χ0v) is 17.8. The Balaban J connectivity index is 1.53. The molecular formula is C23H29F2N5O. The molecule has 166 valence electrons. The summed E-state index contributed by atoms with van der Waals surface area (Å²) in [5.74, 6) is -0.828. The normalized spacial score (nSPS) is 15.9. The molecule has 0 aromatic carbocycles. The lowest BCUT2D eigenvalue weighted by Gasteiger charge is -2.32.